The van der Waals surface area contributed by atoms with Crippen LogP contribution in [-0.4, -0.2) is 86.4 Å². The van der Waals surface area contributed by atoms with Crippen LogP contribution >= 0.6 is 0 Å². The van der Waals surface area contributed by atoms with E-state index < -0.39 is 20.8 Å². The molecule has 0 bridgehead atoms. The second-order valence-corrected chi connectivity index (χ2v) is 2.69. The van der Waals surface area contributed by atoms with Crippen molar-refractivity contribution in [2.45, 2.75) is 0 Å². The summed E-state index contributed by atoms with van der Waals surface area (Å²) in [5, 5.41) is 0. The van der Waals surface area contributed by atoms with Gasteiger partial charge in [-0.3, -0.25) is 18.2 Å². The molecule has 0 spiro atoms. The molecule has 0 aliphatic carbocycles. The third kappa shape index (κ3) is 397. The summed E-state index contributed by atoms with van der Waals surface area (Å²) in [6.07, 6.45) is 0. The van der Waals surface area contributed by atoms with Gasteiger partial charge >= 0.3 is 72.2 Å². The Balaban J connectivity index is -0.0000000457. The SMILES string of the molecule is O=S(=O)(O)O.O=S(=O)(O)O.[Co].[KH]. The van der Waals surface area contributed by atoms with Crippen molar-refractivity contribution in [2.24, 2.45) is 0 Å². The molecule has 75 valence electrons. The molecule has 0 heterocycles. The van der Waals surface area contributed by atoms with E-state index in [1.54, 1.807) is 0 Å². The maximum absolute atomic E-state index is 8.74. The molecule has 0 rings (SSSR count). The van der Waals surface area contributed by atoms with Gasteiger partial charge in [-0.05, 0) is 0 Å². The third-order valence-electron chi connectivity index (χ3n) is 0. The number of rotatable bonds is 0. The molecule has 1 radical (unpaired) electrons. The quantitative estimate of drug-likeness (QED) is 0.297. The Hall–Kier alpha value is 1.88. The Morgan fingerprint density at radius 3 is 0.667 bits per heavy atom. The van der Waals surface area contributed by atoms with E-state index in [2.05, 4.69) is 0 Å². The molecule has 12 heteroatoms. The molecule has 8 nitrogen and oxygen atoms in total. The van der Waals surface area contributed by atoms with Crippen LogP contribution in [0, 0.1) is 0 Å². The van der Waals surface area contributed by atoms with E-state index in [1.807, 2.05) is 0 Å². The summed E-state index contributed by atoms with van der Waals surface area (Å²) in [5.74, 6) is 0. The van der Waals surface area contributed by atoms with Gasteiger partial charge in [0.1, 0.15) is 0 Å². The van der Waals surface area contributed by atoms with Crippen LogP contribution in [0.25, 0.3) is 0 Å². The second kappa shape index (κ2) is 9.44. The Morgan fingerprint density at radius 2 is 0.667 bits per heavy atom. The molecule has 0 aliphatic heterocycles. The van der Waals surface area contributed by atoms with Crippen LogP contribution in [0.3, 0.4) is 0 Å². The van der Waals surface area contributed by atoms with Crippen LogP contribution in [0.2, 0.25) is 0 Å². The summed E-state index contributed by atoms with van der Waals surface area (Å²) in [6, 6.07) is 0. The normalized spacial score (nSPS) is 9.67. The molecule has 0 atom stereocenters. The van der Waals surface area contributed by atoms with Crippen LogP contribution in [0.5, 0.6) is 0 Å². The first-order chi connectivity index (χ1) is 4.00. The molecular weight excluding hydrogens is 290 g/mol. The van der Waals surface area contributed by atoms with Gasteiger partial charge in [-0.15, -0.1) is 0 Å². The fourth-order valence-electron chi connectivity index (χ4n) is 0. The molecule has 12 heavy (non-hydrogen) atoms. The predicted molar refractivity (Wildman–Crippen MR) is 35.5 cm³/mol. The van der Waals surface area contributed by atoms with Crippen LogP contribution < -0.4 is 0 Å². The fourth-order valence-corrected chi connectivity index (χ4v) is 0. The zero-order valence-electron chi connectivity index (χ0n) is 4.57. The van der Waals surface area contributed by atoms with Gasteiger partial charge in [-0.1, -0.05) is 0 Å². The van der Waals surface area contributed by atoms with Gasteiger partial charge in [0, 0.05) is 16.8 Å². The molecule has 0 fully saturated rings. The molecule has 0 unspecified atom stereocenters. The average molecular weight is 295 g/mol. The minimum atomic E-state index is -4.67. The monoisotopic (exact) mass is 295 g/mol. The van der Waals surface area contributed by atoms with E-state index in [4.69, 9.17) is 35.0 Å². The Labute approximate surface area is 122 Å². The van der Waals surface area contributed by atoms with Crippen molar-refractivity contribution in [3.05, 3.63) is 0 Å². The molecule has 0 amide bonds. The Morgan fingerprint density at radius 1 is 0.667 bits per heavy atom. The first-order valence-electron chi connectivity index (χ1n) is 1.40. The van der Waals surface area contributed by atoms with E-state index in [9.17, 15) is 0 Å². The van der Waals surface area contributed by atoms with Crippen molar-refractivity contribution in [3.8, 4) is 0 Å². The summed E-state index contributed by atoms with van der Waals surface area (Å²) in [7, 11) is -9.33. The Bertz CT molecular complexity index is 213. The van der Waals surface area contributed by atoms with E-state index in [1.165, 1.54) is 0 Å². The number of hydrogen-bond donors (Lipinski definition) is 4. The fraction of sp³-hybridized carbons (Fsp3) is 0. The number of hydrogen-bond acceptors (Lipinski definition) is 4. The summed E-state index contributed by atoms with van der Waals surface area (Å²) in [4.78, 5) is 0. The molecule has 0 aliphatic rings. The summed E-state index contributed by atoms with van der Waals surface area (Å²) >= 11 is 0. The first kappa shape index (κ1) is 23.6. The van der Waals surface area contributed by atoms with Crippen molar-refractivity contribution < 1.29 is 51.8 Å². The van der Waals surface area contributed by atoms with Gasteiger partial charge in [-0.2, -0.15) is 16.8 Å². The van der Waals surface area contributed by atoms with Gasteiger partial charge in [0.15, 0.2) is 0 Å². The standard InChI is InChI=1S/Co.K.2H2O4S.H/c;;2*1-5(2,3)4;/h;;2*(H2,1,2,3,4);. The molecule has 4 N–H and O–H groups in total. The molecule has 0 aromatic rings. The average Bonchev–Trinajstić information content (AvgIpc) is 1.12. The van der Waals surface area contributed by atoms with Crippen LogP contribution in [0.15, 0.2) is 0 Å². The van der Waals surface area contributed by atoms with Crippen molar-refractivity contribution >= 4 is 72.2 Å². The van der Waals surface area contributed by atoms with E-state index in [-0.39, 0.29) is 68.2 Å². The topological polar surface area (TPSA) is 149 Å². The zero-order chi connectivity index (χ0) is 9.00. The second-order valence-electron chi connectivity index (χ2n) is 0.896. The van der Waals surface area contributed by atoms with Gasteiger partial charge in [0.25, 0.3) is 0 Å². The predicted octanol–water partition coefficient (Wildman–Crippen LogP) is -1.96. The van der Waals surface area contributed by atoms with Crippen molar-refractivity contribution in [2.75, 3.05) is 0 Å². The van der Waals surface area contributed by atoms with Gasteiger partial charge in [-0.25, -0.2) is 0 Å². The minimum absolute atomic E-state index is 0. The van der Waals surface area contributed by atoms with Gasteiger partial charge < -0.3 is 0 Å². The molecule has 0 aromatic carbocycles. The van der Waals surface area contributed by atoms with Gasteiger partial charge in [0.05, 0.1) is 0 Å². The van der Waals surface area contributed by atoms with Crippen molar-refractivity contribution in [3.63, 3.8) is 0 Å². The van der Waals surface area contributed by atoms with Crippen molar-refractivity contribution in [1.29, 1.82) is 0 Å². The van der Waals surface area contributed by atoms with E-state index >= 15 is 0 Å². The first-order valence-corrected chi connectivity index (χ1v) is 4.19. The third-order valence-corrected chi connectivity index (χ3v) is 0. The van der Waals surface area contributed by atoms with Crippen LogP contribution in [0.4, 0.5) is 0 Å². The van der Waals surface area contributed by atoms with Gasteiger partial charge in [0.2, 0.25) is 0 Å². The van der Waals surface area contributed by atoms with Crippen molar-refractivity contribution in [1.82, 2.24) is 0 Å². The zero-order valence-corrected chi connectivity index (χ0v) is 7.25. The molecule has 0 saturated heterocycles. The summed E-state index contributed by atoms with van der Waals surface area (Å²) in [5.41, 5.74) is 0. The summed E-state index contributed by atoms with van der Waals surface area (Å²) < 4.78 is 63.2. The van der Waals surface area contributed by atoms with E-state index in [0.29, 0.717) is 0 Å². The van der Waals surface area contributed by atoms with Crippen LogP contribution in [-0.2, 0) is 37.6 Å². The van der Waals surface area contributed by atoms with Crippen LogP contribution in [0.1, 0.15) is 0 Å². The molecular formula is H5CoKO8S2. The Kier molecular flexibility index (Phi) is 18.6. The summed E-state index contributed by atoms with van der Waals surface area (Å²) in [6.45, 7) is 0. The molecule has 0 saturated carbocycles. The molecule has 0 aromatic heterocycles. The van der Waals surface area contributed by atoms with E-state index in [0.717, 1.165) is 0 Å². The maximum atomic E-state index is 8.74.